The van der Waals surface area contributed by atoms with E-state index >= 15 is 0 Å². The first kappa shape index (κ1) is 23.3. The maximum Gasteiger partial charge on any atom is 0.325 e. The van der Waals surface area contributed by atoms with Gasteiger partial charge < -0.3 is 23.7 Å². The highest BCUT2D eigenvalue weighted by Gasteiger charge is 2.23. The molecule has 0 spiro atoms. The summed E-state index contributed by atoms with van der Waals surface area (Å²) in [5.41, 5.74) is 2.58. The molecule has 3 aromatic rings. The van der Waals surface area contributed by atoms with Crippen LogP contribution in [0.2, 0.25) is 0 Å². The van der Waals surface area contributed by atoms with Crippen molar-refractivity contribution in [1.82, 2.24) is 9.47 Å². The van der Waals surface area contributed by atoms with Crippen LogP contribution in [-0.2, 0) is 16.1 Å². The van der Waals surface area contributed by atoms with Crippen molar-refractivity contribution in [3.05, 3.63) is 59.3 Å². The standard InChI is InChI=1S/C25H30N2O5/c1-17-24(25(29)18-7-9-19(30-4)10-8-18)21-12-11-20(31-5)15-22(21)27(17)16-23(28)32-14-6-13-26(2)3/h7-12,15H,6,13-14,16H2,1-5H3. The number of aromatic nitrogens is 1. The van der Waals surface area contributed by atoms with E-state index in [1.54, 1.807) is 38.5 Å². The summed E-state index contributed by atoms with van der Waals surface area (Å²) in [6.07, 6.45) is 0.763. The lowest BCUT2D eigenvalue weighted by atomic mass is 10.0. The predicted octanol–water partition coefficient (Wildman–Crippen LogP) is 3.69. The van der Waals surface area contributed by atoms with Crippen LogP contribution in [0.1, 0.15) is 28.0 Å². The second kappa shape index (κ2) is 10.3. The Morgan fingerprint density at radius 3 is 2.25 bits per heavy atom. The first-order valence-corrected chi connectivity index (χ1v) is 10.5. The van der Waals surface area contributed by atoms with Crippen molar-refractivity contribution in [2.45, 2.75) is 19.9 Å². The molecule has 7 heteroatoms. The van der Waals surface area contributed by atoms with Gasteiger partial charge in [0.2, 0.25) is 0 Å². The van der Waals surface area contributed by atoms with Gasteiger partial charge in [-0.1, -0.05) is 0 Å². The van der Waals surface area contributed by atoms with E-state index in [9.17, 15) is 9.59 Å². The number of ketones is 1. The molecule has 0 unspecified atom stereocenters. The third-order valence-electron chi connectivity index (χ3n) is 5.41. The summed E-state index contributed by atoms with van der Waals surface area (Å²) < 4.78 is 17.8. The Kier molecular flexibility index (Phi) is 7.53. The van der Waals surface area contributed by atoms with Crippen LogP contribution in [0.15, 0.2) is 42.5 Å². The first-order valence-electron chi connectivity index (χ1n) is 10.5. The summed E-state index contributed by atoms with van der Waals surface area (Å²) in [4.78, 5) is 28.0. The number of carbonyl (C=O) groups is 2. The second-order valence-corrected chi connectivity index (χ2v) is 7.86. The van der Waals surface area contributed by atoms with Crippen molar-refractivity contribution in [1.29, 1.82) is 0 Å². The average molecular weight is 439 g/mol. The molecule has 1 aromatic heterocycles. The first-order chi connectivity index (χ1) is 15.3. The number of fused-ring (bicyclic) bond motifs is 1. The van der Waals surface area contributed by atoms with Crippen LogP contribution in [0, 0.1) is 6.92 Å². The third-order valence-corrected chi connectivity index (χ3v) is 5.41. The molecule has 32 heavy (non-hydrogen) atoms. The normalized spacial score (nSPS) is 11.1. The van der Waals surface area contributed by atoms with Gasteiger partial charge in [0.1, 0.15) is 18.0 Å². The van der Waals surface area contributed by atoms with Crippen molar-refractivity contribution in [2.75, 3.05) is 41.5 Å². The summed E-state index contributed by atoms with van der Waals surface area (Å²) in [6, 6.07) is 12.5. The minimum absolute atomic E-state index is 0.0212. The number of rotatable bonds is 10. The molecule has 0 aliphatic heterocycles. The minimum atomic E-state index is -0.338. The largest absolute Gasteiger partial charge is 0.497 e. The number of hydrogen-bond acceptors (Lipinski definition) is 6. The van der Waals surface area contributed by atoms with E-state index in [-0.39, 0.29) is 18.3 Å². The molecular formula is C25H30N2O5. The van der Waals surface area contributed by atoms with Crippen LogP contribution in [0.3, 0.4) is 0 Å². The van der Waals surface area contributed by atoms with Crippen molar-refractivity contribution in [2.24, 2.45) is 0 Å². The van der Waals surface area contributed by atoms with Crippen LogP contribution in [0.25, 0.3) is 10.9 Å². The molecular weight excluding hydrogens is 408 g/mol. The topological polar surface area (TPSA) is 70.0 Å². The van der Waals surface area contributed by atoms with Crippen LogP contribution >= 0.6 is 0 Å². The average Bonchev–Trinajstić information content (AvgIpc) is 3.06. The Labute approximate surface area is 188 Å². The number of ether oxygens (including phenoxy) is 3. The highest BCUT2D eigenvalue weighted by Crippen LogP contribution is 2.31. The lowest BCUT2D eigenvalue weighted by Gasteiger charge is -2.11. The summed E-state index contributed by atoms with van der Waals surface area (Å²) in [6.45, 7) is 3.07. The van der Waals surface area contributed by atoms with Crippen molar-refractivity contribution in [3.8, 4) is 11.5 Å². The fraction of sp³-hybridized carbons (Fsp3) is 0.360. The van der Waals surface area contributed by atoms with E-state index in [1.807, 2.05) is 48.7 Å². The van der Waals surface area contributed by atoms with Gasteiger partial charge in [0, 0.05) is 29.3 Å². The molecule has 3 rings (SSSR count). The van der Waals surface area contributed by atoms with Crippen molar-refractivity contribution >= 4 is 22.7 Å². The number of hydrogen-bond donors (Lipinski definition) is 0. The van der Waals surface area contributed by atoms with E-state index in [0.717, 1.165) is 23.9 Å². The maximum absolute atomic E-state index is 13.4. The number of benzene rings is 2. The highest BCUT2D eigenvalue weighted by atomic mass is 16.5. The van der Waals surface area contributed by atoms with Crippen LogP contribution in [0.4, 0.5) is 0 Å². The van der Waals surface area contributed by atoms with E-state index in [1.165, 1.54) is 0 Å². The van der Waals surface area contributed by atoms with Gasteiger partial charge in [-0.3, -0.25) is 9.59 Å². The molecule has 0 saturated heterocycles. The Morgan fingerprint density at radius 2 is 1.62 bits per heavy atom. The van der Waals surface area contributed by atoms with Gasteiger partial charge in [0.25, 0.3) is 0 Å². The summed E-state index contributed by atoms with van der Waals surface area (Å²) in [7, 11) is 7.13. The quantitative estimate of drug-likeness (QED) is 0.273. The fourth-order valence-electron chi connectivity index (χ4n) is 3.70. The molecule has 0 amide bonds. The summed E-state index contributed by atoms with van der Waals surface area (Å²) >= 11 is 0. The SMILES string of the molecule is COc1ccc(C(=O)c2c(C)n(CC(=O)OCCCN(C)C)c3cc(OC)ccc23)cc1. The minimum Gasteiger partial charge on any atom is -0.497 e. The van der Waals surface area contributed by atoms with Crippen LogP contribution < -0.4 is 9.47 Å². The molecule has 0 saturated carbocycles. The van der Waals surface area contributed by atoms with Crippen molar-refractivity contribution < 1.29 is 23.8 Å². The predicted molar refractivity (Wildman–Crippen MR) is 124 cm³/mol. The van der Waals surface area contributed by atoms with Gasteiger partial charge in [-0.2, -0.15) is 0 Å². The molecule has 0 atom stereocenters. The zero-order valence-electron chi connectivity index (χ0n) is 19.3. The lowest BCUT2D eigenvalue weighted by Crippen LogP contribution is -2.19. The van der Waals surface area contributed by atoms with Crippen LogP contribution in [-0.4, -0.2) is 62.7 Å². The molecule has 0 aliphatic carbocycles. The molecule has 0 bridgehead atoms. The molecule has 7 nitrogen and oxygen atoms in total. The van der Waals surface area contributed by atoms with Gasteiger partial charge in [-0.15, -0.1) is 0 Å². The Hall–Kier alpha value is -3.32. The number of carbonyl (C=O) groups excluding carboxylic acids is 2. The molecule has 0 N–H and O–H groups in total. The number of methoxy groups -OCH3 is 2. The highest BCUT2D eigenvalue weighted by molar-refractivity contribution is 6.17. The van der Waals surface area contributed by atoms with Gasteiger partial charge in [0.15, 0.2) is 5.78 Å². The van der Waals surface area contributed by atoms with E-state index in [0.29, 0.717) is 34.9 Å². The fourth-order valence-corrected chi connectivity index (χ4v) is 3.70. The molecule has 0 aliphatic rings. The Balaban J connectivity index is 1.94. The maximum atomic E-state index is 13.4. The molecule has 2 aromatic carbocycles. The van der Waals surface area contributed by atoms with Gasteiger partial charge in [-0.25, -0.2) is 0 Å². The Bertz CT molecular complexity index is 1100. The summed E-state index contributed by atoms with van der Waals surface area (Å²) in [5, 5.41) is 0.768. The monoisotopic (exact) mass is 438 g/mol. The second-order valence-electron chi connectivity index (χ2n) is 7.86. The number of nitrogens with zero attached hydrogens (tertiary/aromatic N) is 2. The Morgan fingerprint density at radius 1 is 0.969 bits per heavy atom. The zero-order chi connectivity index (χ0) is 23.3. The molecule has 1 heterocycles. The molecule has 0 radical (unpaired) electrons. The zero-order valence-corrected chi connectivity index (χ0v) is 19.3. The van der Waals surface area contributed by atoms with Gasteiger partial charge in [0.05, 0.1) is 31.9 Å². The summed E-state index contributed by atoms with van der Waals surface area (Å²) in [5.74, 6) is 0.884. The van der Waals surface area contributed by atoms with Crippen LogP contribution in [0.5, 0.6) is 11.5 Å². The third kappa shape index (κ3) is 5.11. The van der Waals surface area contributed by atoms with Crippen molar-refractivity contribution in [3.63, 3.8) is 0 Å². The van der Waals surface area contributed by atoms with E-state index in [4.69, 9.17) is 14.2 Å². The molecule has 170 valence electrons. The lowest BCUT2D eigenvalue weighted by molar-refractivity contribution is -0.144. The van der Waals surface area contributed by atoms with Gasteiger partial charge >= 0.3 is 5.97 Å². The molecule has 0 fully saturated rings. The number of esters is 1. The van der Waals surface area contributed by atoms with E-state index < -0.39 is 0 Å². The van der Waals surface area contributed by atoms with Gasteiger partial charge in [-0.05, 0) is 63.8 Å². The smallest absolute Gasteiger partial charge is 0.325 e. The van der Waals surface area contributed by atoms with E-state index in [2.05, 4.69) is 0 Å².